The first kappa shape index (κ1) is 11.5. The van der Waals surface area contributed by atoms with Gasteiger partial charge in [-0.25, -0.2) is 0 Å². The lowest BCUT2D eigenvalue weighted by Gasteiger charge is -2.24. The van der Waals surface area contributed by atoms with Crippen molar-refractivity contribution in [3.8, 4) is 5.75 Å². The van der Waals surface area contributed by atoms with Crippen LogP contribution in [-0.4, -0.2) is 7.11 Å². The van der Waals surface area contributed by atoms with Gasteiger partial charge in [0.1, 0.15) is 5.75 Å². The second kappa shape index (κ2) is 5.38. The van der Waals surface area contributed by atoms with Gasteiger partial charge in [0.25, 0.3) is 0 Å². The molecule has 0 unspecified atom stereocenters. The zero-order valence-electron chi connectivity index (χ0n) is 10.5. The summed E-state index contributed by atoms with van der Waals surface area (Å²) in [7, 11) is 1.75. The molecule has 0 amide bonds. The van der Waals surface area contributed by atoms with Crippen LogP contribution in [0.25, 0.3) is 0 Å². The molecular formula is C15H22O. The summed E-state index contributed by atoms with van der Waals surface area (Å²) in [5.74, 6) is 1.80. The van der Waals surface area contributed by atoms with Crippen molar-refractivity contribution in [3.05, 3.63) is 29.3 Å². The van der Waals surface area contributed by atoms with Crippen LogP contribution in [0, 0.1) is 0 Å². The van der Waals surface area contributed by atoms with Crippen LogP contribution < -0.4 is 4.74 Å². The van der Waals surface area contributed by atoms with Gasteiger partial charge < -0.3 is 4.74 Å². The Labute approximate surface area is 98.8 Å². The van der Waals surface area contributed by atoms with E-state index in [9.17, 15) is 0 Å². The van der Waals surface area contributed by atoms with Crippen molar-refractivity contribution in [3.63, 3.8) is 0 Å². The van der Waals surface area contributed by atoms with Crippen LogP contribution >= 0.6 is 0 Å². The van der Waals surface area contributed by atoms with E-state index in [2.05, 4.69) is 25.1 Å². The normalized spacial score (nSPS) is 17.4. The summed E-state index contributed by atoms with van der Waals surface area (Å²) in [5, 5.41) is 0. The van der Waals surface area contributed by atoms with Gasteiger partial charge in [-0.15, -0.1) is 0 Å². The lowest BCUT2D eigenvalue weighted by Crippen LogP contribution is -2.07. The van der Waals surface area contributed by atoms with E-state index in [0.717, 1.165) is 18.1 Å². The highest BCUT2D eigenvalue weighted by Crippen LogP contribution is 2.35. The first-order valence-corrected chi connectivity index (χ1v) is 6.52. The fourth-order valence-corrected chi connectivity index (χ4v) is 2.83. The number of rotatable bonds is 3. The lowest BCUT2D eigenvalue weighted by molar-refractivity contribution is 0.412. The fourth-order valence-electron chi connectivity index (χ4n) is 2.83. The molecular weight excluding hydrogens is 196 g/mol. The van der Waals surface area contributed by atoms with Gasteiger partial charge in [-0.3, -0.25) is 0 Å². The molecule has 0 N–H and O–H groups in total. The van der Waals surface area contributed by atoms with Crippen LogP contribution in [0.5, 0.6) is 5.75 Å². The van der Waals surface area contributed by atoms with Crippen LogP contribution in [0.4, 0.5) is 0 Å². The molecule has 1 aromatic carbocycles. The number of hydrogen-bond donors (Lipinski definition) is 0. The van der Waals surface area contributed by atoms with E-state index in [1.807, 2.05) is 0 Å². The maximum Gasteiger partial charge on any atom is 0.119 e. The zero-order valence-corrected chi connectivity index (χ0v) is 10.5. The molecule has 1 heteroatoms. The van der Waals surface area contributed by atoms with Crippen molar-refractivity contribution in [2.45, 2.75) is 51.4 Å². The molecule has 1 fully saturated rings. The molecule has 1 aromatic rings. The number of hydrogen-bond acceptors (Lipinski definition) is 1. The number of methoxy groups -OCH3 is 1. The Hall–Kier alpha value is -0.980. The van der Waals surface area contributed by atoms with Crippen molar-refractivity contribution in [1.82, 2.24) is 0 Å². The first-order chi connectivity index (χ1) is 7.85. The monoisotopic (exact) mass is 218 g/mol. The Balaban J connectivity index is 2.24. The van der Waals surface area contributed by atoms with Gasteiger partial charge >= 0.3 is 0 Å². The second-order valence-electron chi connectivity index (χ2n) is 4.75. The van der Waals surface area contributed by atoms with E-state index < -0.39 is 0 Å². The van der Waals surface area contributed by atoms with Crippen molar-refractivity contribution >= 4 is 0 Å². The Bertz CT molecular complexity index is 337. The van der Waals surface area contributed by atoms with E-state index in [4.69, 9.17) is 4.74 Å². The van der Waals surface area contributed by atoms with Crippen LogP contribution in [-0.2, 0) is 6.42 Å². The molecule has 0 bridgehead atoms. The van der Waals surface area contributed by atoms with Gasteiger partial charge in [-0.1, -0.05) is 32.3 Å². The molecule has 1 aliphatic carbocycles. The van der Waals surface area contributed by atoms with E-state index in [-0.39, 0.29) is 0 Å². The van der Waals surface area contributed by atoms with Crippen molar-refractivity contribution in [2.75, 3.05) is 7.11 Å². The minimum Gasteiger partial charge on any atom is -0.497 e. The standard InChI is InChI=1S/C15H22O/c1-3-12-11-14(16-2)9-10-15(12)13-7-5-4-6-8-13/h9-11,13H,3-8H2,1-2H3. The molecule has 16 heavy (non-hydrogen) atoms. The zero-order chi connectivity index (χ0) is 11.4. The Morgan fingerprint density at radius 1 is 1.19 bits per heavy atom. The number of aryl methyl sites for hydroxylation is 1. The van der Waals surface area contributed by atoms with E-state index in [0.29, 0.717) is 0 Å². The van der Waals surface area contributed by atoms with Crippen LogP contribution in [0.2, 0.25) is 0 Å². The Morgan fingerprint density at radius 2 is 1.94 bits per heavy atom. The summed E-state index contributed by atoms with van der Waals surface area (Å²) in [5.41, 5.74) is 3.05. The quantitative estimate of drug-likeness (QED) is 0.734. The SMILES string of the molecule is CCc1cc(OC)ccc1C1CCCCC1. The molecule has 0 aromatic heterocycles. The molecule has 1 saturated carbocycles. The Kier molecular flexibility index (Phi) is 3.87. The highest BCUT2D eigenvalue weighted by molar-refractivity contribution is 5.38. The predicted octanol–water partition coefficient (Wildman–Crippen LogP) is 4.31. The molecule has 88 valence electrons. The lowest BCUT2D eigenvalue weighted by atomic mass is 9.81. The fraction of sp³-hybridized carbons (Fsp3) is 0.600. The molecule has 0 atom stereocenters. The second-order valence-corrected chi connectivity index (χ2v) is 4.75. The summed E-state index contributed by atoms with van der Waals surface area (Å²) >= 11 is 0. The average Bonchev–Trinajstić information content (AvgIpc) is 2.39. The molecule has 0 radical (unpaired) electrons. The maximum absolute atomic E-state index is 5.30. The average molecular weight is 218 g/mol. The van der Waals surface area contributed by atoms with Crippen molar-refractivity contribution in [1.29, 1.82) is 0 Å². The molecule has 0 aliphatic heterocycles. The third kappa shape index (κ3) is 2.40. The van der Waals surface area contributed by atoms with Gasteiger partial charge in [0.15, 0.2) is 0 Å². The molecule has 0 spiro atoms. The third-order valence-corrected chi connectivity index (χ3v) is 3.78. The summed E-state index contributed by atoms with van der Waals surface area (Å²) in [6, 6.07) is 6.61. The first-order valence-electron chi connectivity index (χ1n) is 6.52. The number of benzene rings is 1. The maximum atomic E-state index is 5.30. The van der Waals surface area contributed by atoms with E-state index in [1.165, 1.54) is 37.7 Å². The summed E-state index contributed by atoms with van der Waals surface area (Å²) < 4.78 is 5.30. The largest absolute Gasteiger partial charge is 0.497 e. The highest BCUT2D eigenvalue weighted by Gasteiger charge is 2.18. The molecule has 1 nitrogen and oxygen atoms in total. The van der Waals surface area contributed by atoms with Crippen LogP contribution in [0.15, 0.2) is 18.2 Å². The van der Waals surface area contributed by atoms with E-state index in [1.54, 1.807) is 12.7 Å². The minimum absolute atomic E-state index is 0.801. The molecule has 2 rings (SSSR count). The Morgan fingerprint density at radius 3 is 2.56 bits per heavy atom. The van der Waals surface area contributed by atoms with Gasteiger partial charge in [0.05, 0.1) is 7.11 Å². The van der Waals surface area contributed by atoms with Crippen LogP contribution in [0.1, 0.15) is 56.1 Å². The highest BCUT2D eigenvalue weighted by atomic mass is 16.5. The van der Waals surface area contributed by atoms with Crippen molar-refractivity contribution in [2.24, 2.45) is 0 Å². The van der Waals surface area contributed by atoms with E-state index >= 15 is 0 Å². The van der Waals surface area contributed by atoms with Gasteiger partial charge in [0.2, 0.25) is 0 Å². The molecule has 0 saturated heterocycles. The number of ether oxygens (including phenoxy) is 1. The van der Waals surface area contributed by atoms with Crippen LogP contribution in [0.3, 0.4) is 0 Å². The van der Waals surface area contributed by atoms with Gasteiger partial charge in [0, 0.05) is 0 Å². The summed E-state index contributed by atoms with van der Waals surface area (Å²) in [4.78, 5) is 0. The summed E-state index contributed by atoms with van der Waals surface area (Å²) in [6.07, 6.45) is 8.09. The topological polar surface area (TPSA) is 9.23 Å². The van der Waals surface area contributed by atoms with Crippen molar-refractivity contribution < 1.29 is 4.74 Å². The minimum atomic E-state index is 0.801. The summed E-state index contributed by atoms with van der Waals surface area (Å²) in [6.45, 7) is 2.24. The third-order valence-electron chi connectivity index (χ3n) is 3.78. The molecule has 0 heterocycles. The smallest absolute Gasteiger partial charge is 0.119 e. The van der Waals surface area contributed by atoms with Gasteiger partial charge in [-0.2, -0.15) is 0 Å². The molecule has 1 aliphatic rings. The van der Waals surface area contributed by atoms with Gasteiger partial charge in [-0.05, 0) is 48.4 Å². The predicted molar refractivity (Wildman–Crippen MR) is 68.2 cm³/mol.